The number of aromatic nitrogens is 1. The maximum Gasteiger partial charge on any atom is 0.311 e. The molecule has 0 unspecified atom stereocenters. The first kappa shape index (κ1) is 14.3. The number of halogens is 4. The van der Waals surface area contributed by atoms with E-state index in [2.05, 4.69) is 25.7 Å². The average molecular weight is 329 g/mol. The van der Waals surface area contributed by atoms with Crippen LogP contribution in [0.15, 0.2) is 10.7 Å². The van der Waals surface area contributed by atoms with Gasteiger partial charge in [0.2, 0.25) is 0 Å². The SMILES string of the molecule is COC(=O)Cc1nc(Br)c(C(F)F)cc1CCl. The van der Waals surface area contributed by atoms with E-state index < -0.39 is 12.4 Å². The highest BCUT2D eigenvalue weighted by atomic mass is 79.9. The molecule has 0 aliphatic carbocycles. The van der Waals surface area contributed by atoms with Crippen molar-refractivity contribution in [1.29, 1.82) is 0 Å². The molecule has 0 atom stereocenters. The highest BCUT2D eigenvalue weighted by Gasteiger charge is 2.18. The summed E-state index contributed by atoms with van der Waals surface area (Å²) in [5, 5.41) is 0. The number of pyridine rings is 1. The zero-order chi connectivity index (χ0) is 13.0. The van der Waals surface area contributed by atoms with Crippen LogP contribution < -0.4 is 0 Å². The fraction of sp³-hybridized carbons (Fsp3) is 0.400. The molecule has 94 valence electrons. The largest absolute Gasteiger partial charge is 0.469 e. The summed E-state index contributed by atoms with van der Waals surface area (Å²) in [6.45, 7) is 0. The third kappa shape index (κ3) is 3.61. The smallest absolute Gasteiger partial charge is 0.311 e. The molecule has 0 spiro atoms. The summed E-state index contributed by atoms with van der Waals surface area (Å²) in [6, 6.07) is 1.24. The van der Waals surface area contributed by atoms with Crippen molar-refractivity contribution in [2.45, 2.75) is 18.7 Å². The highest BCUT2D eigenvalue weighted by molar-refractivity contribution is 9.10. The van der Waals surface area contributed by atoms with E-state index in [1.165, 1.54) is 13.2 Å². The number of ether oxygens (including phenoxy) is 1. The van der Waals surface area contributed by atoms with Gasteiger partial charge in [0.1, 0.15) is 4.60 Å². The van der Waals surface area contributed by atoms with Gasteiger partial charge in [-0.1, -0.05) is 0 Å². The van der Waals surface area contributed by atoms with E-state index in [1.807, 2.05) is 0 Å². The first-order valence-corrected chi connectivity index (χ1v) is 5.91. The molecule has 1 aromatic rings. The van der Waals surface area contributed by atoms with Gasteiger partial charge in [-0.05, 0) is 27.6 Å². The number of methoxy groups -OCH3 is 1. The minimum atomic E-state index is -2.65. The molecule has 7 heteroatoms. The summed E-state index contributed by atoms with van der Waals surface area (Å²) in [4.78, 5) is 15.0. The van der Waals surface area contributed by atoms with Crippen LogP contribution >= 0.6 is 27.5 Å². The van der Waals surface area contributed by atoms with Crippen LogP contribution in [0.2, 0.25) is 0 Å². The predicted octanol–water partition coefficient (Wildman–Crippen LogP) is 3.24. The molecule has 1 aromatic heterocycles. The van der Waals surface area contributed by atoms with Crippen molar-refractivity contribution < 1.29 is 18.3 Å². The lowest BCUT2D eigenvalue weighted by atomic mass is 10.1. The molecule has 0 saturated heterocycles. The third-order valence-corrected chi connectivity index (χ3v) is 3.01. The normalized spacial score (nSPS) is 10.7. The maximum atomic E-state index is 12.6. The summed E-state index contributed by atoms with van der Waals surface area (Å²) in [5.41, 5.74) is 0.493. The summed E-state index contributed by atoms with van der Waals surface area (Å²) in [6.07, 6.45) is -2.74. The second kappa shape index (κ2) is 6.26. The summed E-state index contributed by atoms with van der Waals surface area (Å²) in [5.74, 6) is -0.493. The lowest BCUT2D eigenvalue weighted by Gasteiger charge is -2.10. The molecule has 0 N–H and O–H groups in total. The number of carbonyl (C=O) groups is 1. The standard InChI is InChI=1S/C10H9BrClF2NO2/c1-17-8(16)3-7-5(4-12)2-6(10(13)14)9(11)15-7/h2,10H,3-4H2,1H3. The second-order valence-electron chi connectivity index (χ2n) is 3.16. The minimum absolute atomic E-state index is 0.00628. The van der Waals surface area contributed by atoms with Gasteiger partial charge >= 0.3 is 5.97 Å². The molecule has 1 heterocycles. The van der Waals surface area contributed by atoms with Crippen molar-refractivity contribution in [3.63, 3.8) is 0 Å². The van der Waals surface area contributed by atoms with Gasteiger partial charge in [0.25, 0.3) is 6.43 Å². The van der Waals surface area contributed by atoms with Gasteiger partial charge in [0.15, 0.2) is 0 Å². The van der Waals surface area contributed by atoms with Crippen molar-refractivity contribution in [2.24, 2.45) is 0 Å². The van der Waals surface area contributed by atoms with Crippen LogP contribution in [0.5, 0.6) is 0 Å². The Hall–Kier alpha value is -0.750. The average Bonchev–Trinajstić information content (AvgIpc) is 2.28. The van der Waals surface area contributed by atoms with E-state index in [0.29, 0.717) is 11.3 Å². The molecule has 0 amide bonds. The number of carbonyl (C=O) groups excluding carboxylic acids is 1. The molecule has 0 aliphatic rings. The fourth-order valence-corrected chi connectivity index (χ4v) is 1.95. The van der Waals surface area contributed by atoms with E-state index in [-0.39, 0.29) is 22.5 Å². The Labute approximate surface area is 110 Å². The second-order valence-corrected chi connectivity index (χ2v) is 4.18. The van der Waals surface area contributed by atoms with E-state index in [4.69, 9.17) is 11.6 Å². The van der Waals surface area contributed by atoms with E-state index in [1.54, 1.807) is 0 Å². The fourth-order valence-electron chi connectivity index (χ4n) is 1.22. The van der Waals surface area contributed by atoms with Crippen LogP contribution in [0.25, 0.3) is 0 Å². The molecule has 0 fully saturated rings. The molecule has 3 nitrogen and oxygen atoms in total. The number of nitrogens with zero attached hydrogens (tertiary/aromatic N) is 1. The number of alkyl halides is 3. The quantitative estimate of drug-likeness (QED) is 0.484. The van der Waals surface area contributed by atoms with Crippen LogP contribution in [0, 0.1) is 0 Å². The van der Waals surface area contributed by atoms with Gasteiger partial charge in [-0.3, -0.25) is 4.79 Å². The number of esters is 1. The Morgan fingerprint density at radius 3 is 2.76 bits per heavy atom. The van der Waals surface area contributed by atoms with Crippen LogP contribution in [0.4, 0.5) is 8.78 Å². The zero-order valence-corrected chi connectivity index (χ0v) is 11.2. The van der Waals surface area contributed by atoms with Crippen LogP contribution in [-0.4, -0.2) is 18.1 Å². The van der Waals surface area contributed by atoms with Crippen molar-refractivity contribution in [3.05, 3.63) is 27.5 Å². The van der Waals surface area contributed by atoms with E-state index >= 15 is 0 Å². The van der Waals surface area contributed by atoms with Gasteiger partial charge in [0.05, 0.1) is 24.8 Å². The Morgan fingerprint density at radius 1 is 1.65 bits per heavy atom. The first-order chi connectivity index (χ1) is 7.99. The van der Waals surface area contributed by atoms with Gasteiger partial charge in [-0.15, -0.1) is 11.6 Å². The zero-order valence-electron chi connectivity index (χ0n) is 8.84. The maximum absolute atomic E-state index is 12.6. The van der Waals surface area contributed by atoms with E-state index in [9.17, 15) is 13.6 Å². The van der Waals surface area contributed by atoms with Crippen LogP contribution in [0.1, 0.15) is 23.2 Å². The van der Waals surface area contributed by atoms with Crippen molar-refractivity contribution in [2.75, 3.05) is 7.11 Å². The molecule has 0 bridgehead atoms. The third-order valence-electron chi connectivity index (χ3n) is 2.09. The predicted molar refractivity (Wildman–Crippen MR) is 62.2 cm³/mol. The minimum Gasteiger partial charge on any atom is -0.469 e. The Morgan fingerprint density at radius 2 is 2.29 bits per heavy atom. The van der Waals surface area contributed by atoms with Gasteiger partial charge in [-0.25, -0.2) is 13.8 Å². The monoisotopic (exact) mass is 327 g/mol. The summed E-state index contributed by atoms with van der Waals surface area (Å²) < 4.78 is 29.7. The lowest BCUT2D eigenvalue weighted by molar-refractivity contribution is -0.139. The van der Waals surface area contributed by atoms with E-state index in [0.717, 1.165) is 0 Å². The Balaban J connectivity index is 3.14. The molecule has 0 aliphatic heterocycles. The van der Waals surface area contributed by atoms with Crippen molar-refractivity contribution in [3.8, 4) is 0 Å². The first-order valence-electron chi connectivity index (χ1n) is 4.58. The summed E-state index contributed by atoms with van der Waals surface area (Å²) in [7, 11) is 1.24. The number of hydrogen-bond acceptors (Lipinski definition) is 3. The Kier molecular flexibility index (Phi) is 5.27. The molecule has 0 saturated carbocycles. The molecular weight excluding hydrogens is 319 g/mol. The van der Waals surface area contributed by atoms with Gasteiger partial charge in [0, 0.05) is 5.88 Å². The number of hydrogen-bond donors (Lipinski definition) is 0. The molecule has 1 rings (SSSR count). The highest BCUT2D eigenvalue weighted by Crippen LogP contribution is 2.28. The van der Waals surface area contributed by atoms with Crippen molar-refractivity contribution >= 4 is 33.5 Å². The molecule has 0 radical (unpaired) electrons. The van der Waals surface area contributed by atoms with Crippen LogP contribution in [0.3, 0.4) is 0 Å². The molecule has 17 heavy (non-hydrogen) atoms. The Bertz CT molecular complexity index is 429. The topological polar surface area (TPSA) is 39.2 Å². The number of rotatable bonds is 4. The lowest BCUT2D eigenvalue weighted by Crippen LogP contribution is -2.09. The van der Waals surface area contributed by atoms with Gasteiger partial charge < -0.3 is 4.74 Å². The summed E-state index contributed by atoms with van der Waals surface area (Å²) >= 11 is 8.57. The van der Waals surface area contributed by atoms with Crippen molar-refractivity contribution in [1.82, 2.24) is 4.98 Å². The van der Waals surface area contributed by atoms with Crippen LogP contribution in [-0.2, 0) is 21.8 Å². The molecular formula is C10H9BrClF2NO2. The van der Waals surface area contributed by atoms with Gasteiger partial charge in [-0.2, -0.15) is 0 Å². The molecule has 0 aromatic carbocycles.